The molecule has 0 radical (unpaired) electrons. The maximum Gasteiger partial charge on any atom is 0.417 e. The van der Waals surface area contributed by atoms with E-state index in [9.17, 15) is 17.6 Å². The predicted molar refractivity (Wildman–Crippen MR) is 66.9 cm³/mol. The zero-order valence-electron chi connectivity index (χ0n) is 11.0. The predicted octanol–water partition coefficient (Wildman–Crippen LogP) is 3.23. The number of benzene rings is 1. The molecule has 1 aromatic rings. The summed E-state index contributed by atoms with van der Waals surface area (Å²) in [6.07, 6.45) is -4.62. The zero-order valence-corrected chi connectivity index (χ0v) is 11.8. The van der Waals surface area contributed by atoms with Crippen molar-refractivity contribution in [2.24, 2.45) is 5.16 Å². The third kappa shape index (κ3) is 7.40. The fraction of sp³-hybridized carbons (Fsp3) is 0.364. The van der Waals surface area contributed by atoms with Gasteiger partial charge in [0.15, 0.2) is 0 Å². The summed E-state index contributed by atoms with van der Waals surface area (Å²) in [5.74, 6) is -0.940. The van der Waals surface area contributed by atoms with Crippen LogP contribution in [0.2, 0.25) is 0 Å². The SMILES string of the molecule is CCO/N=C(\C)c1ccc(F)cc1C(F)(F)F.N=S(=O)=O. The first-order valence-electron chi connectivity index (χ1n) is 5.43. The Morgan fingerprint density at radius 3 is 2.33 bits per heavy atom. The lowest BCUT2D eigenvalue weighted by atomic mass is 10.0. The van der Waals surface area contributed by atoms with Gasteiger partial charge in [0.1, 0.15) is 12.4 Å². The lowest BCUT2D eigenvalue weighted by molar-refractivity contribution is -0.137. The van der Waals surface area contributed by atoms with Gasteiger partial charge < -0.3 is 4.84 Å². The van der Waals surface area contributed by atoms with Crippen molar-refractivity contribution in [1.82, 2.24) is 0 Å². The van der Waals surface area contributed by atoms with E-state index in [0.717, 1.165) is 12.1 Å². The van der Waals surface area contributed by atoms with Gasteiger partial charge in [0.25, 0.3) is 0 Å². The van der Waals surface area contributed by atoms with E-state index >= 15 is 0 Å². The Balaban J connectivity index is 0.000000885. The van der Waals surface area contributed by atoms with Gasteiger partial charge in [-0.1, -0.05) is 5.16 Å². The second-order valence-electron chi connectivity index (χ2n) is 3.52. The van der Waals surface area contributed by atoms with Gasteiger partial charge in [-0.2, -0.15) is 26.4 Å². The molecule has 0 atom stereocenters. The molecule has 118 valence electrons. The standard InChI is InChI=1S/C11H11F4NO.HNO2S/c1-3-17-16-7(2)9-5-4-8(12)6-10(9)11(13,14)15;1-4(2)3/h4-6H,3H2,1-2H3;1H/b16-7+;. The molecule has 0 aliphatic rings. The van der Waals surface area contributed by atoms with Crippen molar-refractivity contribution in [1.29, 1.82) is 4.78 Å². The van der Waals surface area contributed by atoms with Crippen LogP contribution >= 0.6 is 0 Å². The topological polar surface area (TPSA) is 79.6 Å². The first-order valence-corrected chi connectivity index (χ1v) is 6.51. The van der Waals surface area contributed by atoms with Crippen molar-refractivity contribution >= 4 is 16.2 Å². The van der Waals surface area contributed by atoms with Crippen LogP contribution in [-0.2, 0) is 21.5 Å². The summed E-state index contributed by atoms with van der Waals surface area (Å²) >= 11 is 0. The van der Waals surface area contributed by atoms with E-state index in [-0.39, 0.29) is 17.9 Å². The fourth-order valence-corrected chi connectivity index (χ4v) is 1.28. The summed E-state index contributed by atoms with van der Waals surface area (Å²) in [7, 11) is -2.61. The number of halogens is 4. The Hall–Kier alpha value is -1.97. The van der Waals surface area contributed by atoms with Gasteiger partial charge in [0, 0.05) is 5.56 Å². The van der Waals surface area contributed by atoms with E-state index in [0.29, 0.717) is 6.07 Å². The highest BCUT2D eigenvalue weighted by molar-refractivity contribution is 7.60. The molecular weight excluding hydrogens is 316 g/mol. The minimum atomic E-state index is -4.62. The monoisotopic (exact) mass is 328 g/mol. The summed E-state index contributed by atoms with van der Waals surface area (Å²) < 4.78 is 73.6. The van der Waals surface area contributed by atoms with Crippen LogP contribution in [-0.4, -0.2) is 20.7 Å². The molecule has 0 fully saturated rings. The number of rotatable bonds is 3. The van der Waals surface area contributed by atoms with Crippen molar-refractivity contribution < 1.29 is 30.8 Å². The Kier molecular flexibility index (Phi) is 7.56. The normalized spacial score (nSPS) is 11.4. The van der Waals surface area contributed by atoms with Crippen LogP contribution in [0.4, 0.5) is 17.6 Å². The highest BCUT2D eigenvalue weighted by atomic mass is 32.2. The van der Waals surface area contributed by atoms with Gasteiger partial charge in [-0.25, -0.2) is 4.39 Å². The zero-order chi connectivity index (χ0) is 16.6. The second-order valence-corrected chi connectivity index (χ2v) is 3.99. The smallest absolute Gasteiger partial charge is 0.396 e. The molecule has 0 saturated heterocycles. The van der Waals surface area contributed by atoms with Gasteiger partial charge in [0.2, 0.25) is 0 Å². The van der Waals surface area contributed by atoms with Gasteiger partial charge in [-0.3, -0.25) is 0 Å². The largest absolute Gasteiger partial charge is 0.417 e. The Labute approximate surface area is 119 Å². The number of alkyl halides is 3. The van der Waals surface area contributed by atoms with Crippen molar-refractivity contribution in [3.63, 3.8) is 0 Å². The van der Waals surface area contributed by atoms with Crippen LogP contribution in [0.15, 0.2) is 23.4 Å². The average molecular weight is 328 g/mol. The lowest BCUT2D eigenvalue weighted by Crippen LogP contribution is -2.12. The number of oxime groups is 1. The van der Waals surface area contributed by atoms with Crippen LogP contribution in [0.5, 0.6) is 0 Å². The second kappa shape index (κ2) is 8.35. The van der Waals surface area contributed by atoms with E-state index in [1.165, 1.54) is 6.92 Å². The quantitative estimate of drug-likeness (QED) is 0.525. The van der Waals surface area contributed by atoms with Crippen molar-refractivity contribution in [3.05, 3.63) is 35.1 Å². The molecule has 0 aliphatic heterocycles. The van der Waals surface area contributed by atoms with Crippen LogP contribution in [0, 0.1) is 10.6 Å². The summed E-state index contributed by atoms with van der Waals surface area (Å²) in [4.78, 5) is 4.67. The maximum absolute atomic E-state index is 12.8. The summed E-state index contributed by atoms with van der Waals surface area (Å²) in [6, 6.07) is 2.44. The summed E-state index contributed by atoms with van der Waals surface area (Å²) in [6.45, 7) is 3.28. The molecule has 0 bridgehead atoms. The first-order chi connectivity index (χ1) is 9.59. The molecule has 21 heavy (non-hydrogen) atoms. The third-order valence-corrected chi connectivity index (χ3v) is 2.01. The number of hydrogen-bond acceptors (Lipinski definition) is 5. The summed E-state index contributed by atoms with van der Waals surface area (Å²) in [5, 5.41) is 3.51. The van der Waals surface area contributed by atoms with Crippen LogP contribution in [0.3, 0.4) is 0 Å². The molecule has 0 spiro atoms. The van der Waals surface area contributed by atoms with E-state index in [1.54, 1.807) is 6.92 Å². The van der Waals surface area contributed by atoms with Gasteiger partial charge >= 0.3 is 16.7 Å². The molecular formula is C11H12F4N2O3S. The lowest BCUT2D eigenvalue weighted by Gasteiger charge is -2.12. The van der Waals surface area contributed by atoms with Gasteiger partial charge in [0.05, 0.1) is 11.3 Å². The van der Waals surface area contributed by atoms with E-state index in [1.807, 2.05) is 0 Å². The Morgan fingerprint density at radius 1 is 1.38 bits per heavy atom. The number of nitrogens with zero attached hydrogens (tertiary/aromatic N) is 1. The molecule has 10 heteroatoms. The fourth-order valence-electron chi connectivity index (χ4n) is 1.28. The van der Waals surface area contributed by atoms with E-state index in [4.69, 9.17) is 13.2 Å². The molecule has 0 amide bonds. The number of nitrogens with one attached hydrogen (secondary N) is 1. The van der Waals surface area contributed by atoms with Crippen molar-refractivity contribution in [3.8, 4) is 0 Å². The molecule has 0 aromatic heterocycles. The molecule has 1 rings (SSSR count). The maximum atomic E-state index is 12.8. The van der Waals surface area contributed by atoms with Crippen LogP contribution in [0.25, 0.3) is 0 Å². The number of hydrogen-bond donors (Lipinski definition) is 1. The Morgan fingerprint density at radius 2 is 1.90 bits per heavy atom. The van der Waals surface area contributed by atoms with E-state index < -0.39 is 28.1 Å². The molecule has 0 saturated carbocycles. The third-order valence-electron chi connectivity index (χ3n) is 2.01. The first kappa shape index (κ1) is 19.0. The molecule has 0 unspecified atom stereocenters. The van der Waals surface area contributed by atoms with Crippen LogP contribution in [0.1, 0.15) is 25.0 Å². The van der Waals surface area contributed by atoms with Gasteiger partial charge in [-0.05, 0) is 32.0 Å². The minimum absolute atomic E-state index is 0.0548. The molecule has 1 N–H and O–H groups in total. The van der Waals surface area contributed by atoms with Crippen molar-refractivity contribution in [2.45, 2.75) is 20.0 Å². The molecule has 1 aromatic carbocycles. The van der Waals surface area contributed by atoms with Crippen molar-refractivity contribution in [2.75, 3.05) is 6.61 Å². The summed E-state index contributed by atoms with van der Waals surface area (Å²) in [5.41, 5.74) is -1.19. The van der Waals surface area contributed by atoms with E-state index in [2.05, 4.69) is 9.99 Å². The van der Waals surface area contributed by atoms with Crippen LogP contribution < -0.4 is 0 Å². The minimum Gasteiger partial charge on any atom is -0.396 e. The molecule has 0 heterocycles. The highest BCUT2D eigenvalue weighted by Crippen LogP contribution is 2.32. The Bertz CT molecular complexity index is 605. The molecule has 5 nitrogen and oxygen atoms in total. The highest BCUT2D eigenvalue weighted by Gasteiger charge is 2.34. The molecule has 0 aliphatic carbocycles. The van der Waals surface area contributed by atoms with Gasteiger partial charge in [-0.15, -0.1) is 0 Å². The average Bonchev–Trinajstić information content (AvgIpc) is 2.34.